The quantitative estimate of drug-likeness (QED) is 0.633. The maximum Gasteiger partial charge on any atom is 0.0324 e. The molecule has 0 rings (SSSR count). The summed E-state index contributed by atoms with van der Waals surface area (Å²) in [4.78, 5) is 0. The summed E-state index contributed by atoms with van der Waals surface area (Å²) in [6.07, 6.45) is 3.27. The SMILES string of the molecule is C=C(C)C(=C)[C@H](CCSC)NCC. The zero-order valence-electron chi connectivity index (χ0n) is 9.02. The van der Waals surface area contributed by atoms with Crippen molar-refractivity contribution in [3.05, 3.63) is 24.3 Å². The summed E-state index contributed by atoms with van der Waals surface area (Å²) in [6.45, 7) is 13.1. The highest BCUT2D eigenvalue weighted by Crippen LogP contribution is 2.14. The Bertz CT molecular complexity index is 175. The molecule has 0 saturated carbocycles. The molecule has 1 nitrogen and oxygen atoms in total. The van der Waals surface area contributed by atoms with Crippen molar-refractivity contribution in [3.63, 3.8) is 0 Å². The van der Waals surface area contributed by atoms with Gasteiger partial charge in [0.1, 0.15) is 0 Å². The summed E-state index contributed by atoms with van der Waals surface area (Å²) >= 11 is 1.87. The van der Waals surface area contributed by atoms with Crippen LogP contribution in [0.3, 0.4) is 0 Å². The fourth-order valence-corrected chi connectivity index (χ4v) is 1.65. The summed E-state index contributed by atoms with van der Waals surface area (Å²) < 4.78 is 0. The first kappa shape index (κ1) is 12.8. The zero-order valence-corrected chi connectivity index (χ0v) is 9.84. The molecule has 1 N–H and O–H groups in total. The fourth-order valence-electron chi connectivity index (χ4n) is 1.18. The lowest BCUT2D eigenvalue weighted by Gasteiger charge is -2.20. The smallest absolute Gasteiger partial charge is 0.0324 e. The van der Waals surface area contributed by atoms with Crippen molar-refractivity contribution in [2.75, 3.05) is 18.6 Å². The maximum absolute atomic E-state index is 4.05. The van der Waals surface area contributed by atoms with E-state index in [4.69, 9.17) is 0 Å². The molecule has 0 fully saturated rings. The van der Waals surface area contributed by atoms with E-state index in [0.717, 1.165) is 24.1 Å². The zero-order chi connectivity index (χ0) is 10.3. The average molecular weight is 199 g/mol. The highest BCUT2D eigenvalue weighted by Gasteiger charge is 2.10. The van der Waals surface area contributed by atoms with Crippen LogP contribution >= 0.6 is 11.8 Å². The van der Waals surface area contributed by atoms with Gasteiger partial charge in [-0.15, -0.1) is 0 Å². The van der Waals surface area contributed by atoms with Gasteiger partial charge in [0.25, 0.3) is 0 Å². The number of hydrogen-bond acceptors (Lipinski definition) is 2. The summed E-state index contributed by atoms with van der Waals surface area (Å²) in [7, 11) is 0. The molecular weight excluding hydrogens is 178 g/mol. The third-order valence-electron chi connectivity index (χ3n) is 2.03. The molecule has 0 aliphatic rings. The summed E-state index contributed by atoms with van der Waals surface area (Å²) in [5.41, 5.74) is 2.24. The molecule has 0 amide bonds. The fraction of sp³-hybridized carbons (Fsp3) is 0.636. The Balaban J connectivity index is 4.06. The van der Waals surface area contributed by atoms with E-state index in [1.54, 1.807) is 0 Å². The molecule has 1 atom stereocenters. The van der Waals surface area contributed by atoms with Crippen LogP contribution in [0.2, 0.25) is 0 Å². The second-order valence-corrected chi connectivity index (χ2v) is 4.18. The monoisotopic (exact) mass is 199 g/mol. The predicted molar refractivity (Wildman–Crippen MR) is 64.4 cm³/mol. The topological polar surface area (TPSA) is 12.0 Å². The van der Waals surface area contributed by atoms with Crippen molar-refractivity contribution in [1.29, 1.82) is 0 Å². The van der Waals surface area contributed by atoms with Gasteiger partial charge in [0.05, 0.1) is 0 Å². The third-order valence-corrected chi connectivity index (χ3v) is 2.67. The Hall–Kier alpha value is -0.210. The van der Waals surface area contributed by atoms with Crippen LogP contribution in [0.4, 0.5) is 0 Å². The highest BCUT2D eigenvalue weighted by atomic mass is 32.2. The van der Waals surface area contributed by atoms with Crippen molar-refractivity contribution >= 4 is 11.8 Å². The van der Waals surface area contributed by atoms with Crippen LogP contribution in [0.5, 0.6) is 0 Å². The number of nitrogens with one attached hydrogen (secondary N) is 1. The molecule has 0 aliphatic carbocycles. The van der Waals surface area contributed by atoms with E-state index in [-0.39, 0.29) is 0 Å². The van der Waals surface area contributed by atoms with Crippen LogP contribution in [0.25, 0.3) is 0 Å². The Kier molecular flexibility index (Phi) is 7.10. The molecule has 76 valence electrons. The maximum atomic E-state index is 4.05. The summed E-state index contributed by atoms with van der Waals surface area (Å²) in [5, 5.41) is 3.42. The molecule has 0 saturated heterocycles. The van der Waals surface area contributed by atoms with Crippen LogP contribution < -0.4 is 5.32 Å². The van der Waals surface area contributed by atoms with E-state index < -0.39 is 0 Å². The van der Waals surface area contributed by atoms with E-state index in [1.807, 2.05) is 18.7 Å². The molecule has 0 radical (unpaired) electrons. The van der Waals surface area contributed by atoms with Gasteiger partial charge in [-0.3, -0.25) is 0 Å². The first-order chi connectivity index (χ1) is 6.13. The van der Waals surface area contributed by atoms with Crippen molar-refractivity contribution in [2.24, 2.45) is 0 Å². The van der Waals surface area contributed by atoms with Crippen LogP contribution in [-0.4, -0.2) is 24.6 Å². The number of likely N-dealkylation sites (N-methyl/N-ethyl adjacent to an activating group) is 1. The van der Waals surface area contributed by atoms with Crippen molar-refractivity contribution < 1.29 is 0 Å². The summed E-state index contributed by atoms with van der Waals surface area (Å²) in [6, 6.07) is 0.412. The minimum atomic E-state index is 0.412. The van der Waals surface area contributed by atoms with E-state index in [2.05, 4.69) is 31.7 Å². The molecule has 0 aromatic rings. The molecule has 2 heteroatoms. The lowest BCUT2D eigenvalue weighted by atomic mass is 10.0. The second-order valence-electron chi connectivity index (χ2n) is 3.20. The predicted octanol–water partition coefficient (Wildman–Crippen LogP) is 2.85. The highest BCUT2D eigenvalue weighted by molar-refractivity contribution is 7.98. The van der Waals surface area contributed by atoms with Gasteiger partial charge >= 0.3 is 0 Å². The number of rotatable bonds is 7. The van der Waals surface area contributed by atoms with Crippen LogP contribution in [0.15, 0.2) is 24.3 Å². The minimum Gasteiger partial charge on any atom is -0.310 e. The molecule has 13 heavy (non-hydrogen) atoms. The Labute approximate surface area is 86.7 Å². The van der Waals surface area contributed by atoms with Crippen LogP contribution in [0.1, 0.15) is 20.3 Å². The largest absolute Gasteiger partial charge is 0.310 e. The molecule has 0 aliphatic heterocycles. The average Bonchev–Trinajstić information content (AvgIpc) is 2.11. The van der Waals surface area contributed by atoms with Gasteiger partial charge in [-0.1, -0.05) is 25.7 Å². The van der Waals surface area contributed by atoms with Crippen molar-refractivity contribution in [3.8, 4) is 0 Å². The van der Waals surface area contributed by atoms with E-state index in [9.17, 15) is 0 Å². The standard InChI is InChI=1S/C11H21NS/c1-6-12-11(7-8-13-5)10(4)9(2)3/h11-12H,2,4,6-8H2,1,3,5H3/t11-/m0/s1. The third kappa shape index (κ3) is 5.17. The van der Waals surface area contributed by atoms with E-state index in [0.29, 0.717) is 6.04 Å². The molecule has 0 aromatic carbocycles. The number of hydrogen-bond donors (Lipinski definition) is 1. The van der Waals surface area contributed by atoms with Gasteiger partial charge in [-0.25, -0.2) is 0 Å². The lowest BCUT2D eigenvalue weighted by Crippen LogP contribution is -2.31. The second kappa shape index (κ2) is 7.22. The lowest BCUT2D eigenvalue weighted by molar-refractivity contribution is 0.583. The van der Waals surface area contributed by atoms with Gasteiger partial charge < -0.3 is 5.32 Å². The molecule has 0 bridgehead atoms. The van der Waals surface area contributed by atoms with E-state index >= 15 is 0 Å². The Morgan fingerprint density at radius 3 is 2.46 bits per heavy atom. The number of thioether (sulfide) groups is 1. The minimum absolute atomic E-state index is 0.412. The first-order valence-corrected chi connectivity index (χ1v) is 6.09. The van der Waals surface area contributed by atoms with Gasteiger partial charge in [-0.05, 0) is 37.5 Å². The van der Waals surface area contributed by atoms with Crippen molar-refractivity contribution in [1.82, 2.24) is 5.32 Å². The van der Waals surface area contributed by atoms with Gasteiger partial charge in [0.2, 0.25) is 0 Å². The molecular formula is C11H21NS. The first-order valence-electron chi connectivity index (χ1n) is 4.70. The van der Waals surface area contributed by atoms with Crippen LogP contribution in [0, 0.1) is 0 Å². The van der Waals surface area contributed by atoms with Crippen LogP contribution in [-0.2, 0) is 0 Å². The van der Waals surface area contributed by atoms with Gasteiger partial charge in [0, 0.05) is 6.04 Å². The Morgan fingerprint density at radius 2 is 2.08 bits per heavy atom. The van der Waals surface area contributed by atoms with E-state index in [1.165, 1.54) is 5.75 Å². The molecule has 0 aromatic heterocycles. The summed E-state index contributed by atoms with van der Waals surface area (Å²) in [5.74, 6) is 1.17. The molecule has 0 unspecified atom stereocenters. The molecule has 0 heterocycles. The molecule has 0 spiro atoms. The normalized spacial score (nSPS) is 12.5. The van der Waals surface area contributed by atoms with Gasteiger partial charge in [0.15, 0.2) is 0 Å². The van der Waals surface area contributed by atoms with Crippen molar-refractivity contribution in [2.45, 2.75) is 26.3 Å². The Morgan fingerprint density at radius 1 is 1.46 bits per heavy atom. The van der Waals surface area contributed by atoms with Gasteiger partial charge in [-0.2, -0.15) is 11.8 Å².